The molecule has 1 heterocycles. The lowest BCUT2D eigenvalue weighted by Gasteiger charge is -2.11. The van der Waals surface area contributed by atoms with Gasteiger partial charge in [-0.25, -0.2) is 8.93 Å². The maximum atomic E-state index is 13.0. The Labute approximate surface area is 105 Å². The molecule has 98 valence electrons. The Hall–Kier alpha value is -1.68. The van der Waals surface area contributed by atoms with Crippen LogP contribution in [-0.2, 0) is 15.6 Å². The average molecular weight is 273 g/mol. The minimum atomic E-state index is -3.01. The molecule has 1 N–H and O–H groups in total. The number of nitrogens with one attached hydrogen (secondary N) is 1. The van der Waals surface area contributed by atoms with Crippen LogP contribution in [0, 0.1) is 11.5 Å². The van der Waals surface area contributed by atoms with Gasteiger partial charge in [-0.15, -0.1) is 0 Å². The van der Waals surface area contributed by atoms with Gasteiger partial charge in [-0.05, 0) is 13.0 Å². The molecule has 0 aliphatic heterocycles. The molecule has 0 saturated carbocycles. The second-order valence-electron chi connectivity index (χ2n) is 3.93. The molecule has 1 atom stereocenters. The van der Waals surface area contributed by atoms with Gasteiger partial charge in [-0.3, -0.25) is 4.98 Å². The molecule has 0 aliphatic rings. The summed E-state index contributed by atoms with van der Waals surface area (Å²) in [7, 11) is -2.68. The van der Waals surface area contributed by atoms with Gasteiger partial charge in [-0.2, -0.15) is 14.0 Å². The first-order valence-electron chi connectivity index (χ1n) is 5.02. The predicted molar refractivity (Wildman–Crippen MR) is 66.4 cm³/mol. The third kappa shape index (κ3) is 3.17. The van der Waals surface area contributed by atoms with Crippen molar-refractivity contribution in [1.82, 2.24) is 9.71 Å². The van der Waals surface area contributed by atoms with E-state index in [0.717, 1.165) is 6.92 Å². The van der Waals surface area contributed by atoms with Crippen molar-refractivity contribution < 1.29 is 13.0 Å². The Morgan fingerprint density at radius 2 is 2.17 bits per heavy atom. The smallest absolute Gasteiger partial charge is 0.254 e. The second-order valence-corrected chi connectivity index (χ2v) is 6.44. The molecule has 0 aliphatic carbocycles. The van der Waals surface area contributed by atoms with E-state index in [0.29, 0.717) is 10.4 Å². The van der Waals surface area contributed by atoms with Gasteiger partial charge < -0.3 is 0 Å². The maximum absolute atomic E-state index is 13.0. The molecule has 0 fully saturated rings. The Bertz CT molecular complexity index is 590. The molecule has 1 rings (SSSR count). The van der Waals surface area contributed by atoms with Crippen molar-refractivity contribution in [1.29, 1.82) is 5.26 Å². The van der Waals surface area contributed by atoms with Crippen LogP contribution in [0.1, 0.15) is 25.1 Å². The zero-order chi connectivity index (χ0) is 14.0. The van der Waals surface area contributed by atoms with Crippen molar-refractivity contribution >= 4 is 14.6 Å². The third-order valence-electron chi connectivity index (χ3n) is 2.44. The van der Waals surface area contributed by atoms with Gasteiger partial charge in [0.05, 0.1) is 9.71 Å². The topological polar surface area (TPSA) is 65.8 Å². The normalized spacial score (nSPS) is 14.4. The van der Waals surface area contributed by atoms with Crippen molar-refractivity contribution in [3.05, 3.63) is 29.6 Å². The predicted octanol–water partition coefficient (Wildman–Crippen LogP) is 1.63. The summed E-state index contributed by atoms with van der Waals surface area (Å²) >= 11 is 0. The summed E-state index contributed by atoms with van der Waals surface area (Å²) in [5.74, 6) is -3.01. The van der Waals surface area contributed by atoms with Gasteiger partial charge >= 0.3 is 0 Å². The van der Waals surface area contributed by atoms with Crippen molar-refractivity contribution in [2.45, 2.75) is 19.8 Å². The van der Waals surface area contributed by atoms with E-state index in [1.54, 1.807) is 13.1 Å². The fraction of sp³-hybridized carbons (Fsp3) is 0.364. The van der Waals surface area contributed by atoms with Crippen LogP contribution in [0.25, 0.3) is 0 Å². The van der Waals surface area contributed by atoms with Gasteiger partial charge in [-0.1, -0.05) is 6.07 Å². The number of rotatable bonds is 3. The van der Waals surface area contributed by atoms with Crippen LogP contribution in [0.15, 0.2) is 18.3 Å². The summed E-state index contributed by atoms with van der Waals surface area (Å²) in [5.41, 5.74) is 0.105. The minimum absolute atomic E-state index is 0.352. The van der Waals surface area contributed by atoms with E-state index < -0.39 is 15.6 Å². The van der Waals surface area contributed by atoms with Crippen LogP contribution in [0.3, 0.4) is 0 Å². The van der Waals surface area contributed by atoms with Gasteiger partial charge in [0, 0.05) is 29.8 Å². The lowest BCUT2D eigenvalue weighted by atomic mass is 10.2. The van der Waals surface area contributed by atoms with E-state index in [-0.39, 0.29) is 5.69 Å². The third-order valence-corrected chi connectivity index (χ3v) is 4.33. The zero-order valence-corrected chi connectivity index (χ0v) is 11.0. The Balaban J connectivity index is 3.23. The van der Waals surface area contributed by atoms with Gasteiger partial charge in [0.2, 0.25) is 0 Å². The van der Waals surface area contributed by atoms with Crippen molar-refractivity contribution in [2.24, 2.45) is 0 Å². The van der Waals surface area contributed by atoms with Crippen molar-refractivity contribution in [3.63, 3.8) is 0 Å². The van der Waals surface area contributed by atoms with E-state index in [2.05, 4.69) is 9.71 Å². The number of hydrogen-bond donors (Lipinski definition) is 1. The molecule has 1 aromatic rings. The van der Waals surface area contributed by atoms with Crippen LogP contribution in [0.2, 0.25) is 0 Å². The van der Waals surface area contributed by atoms with E-state index in [4.69, 9.17) is 5.26 Å². The van der Waals surface area contributed by atoms with Crippen LogP contribution in [-0.4, -0.2) is 20.3 Å². The van der Waals surface area contributed by atoms with Gasteiger partial charge in [0.25, 0.3) is 5.92 Å². The molecule has 0 spiro atoms. The van der Waals surface area contributed by atoms with Crippen molar-refractivity contribution in [3.8, 4) is 6.19 Å². The summed E-state index contributed by atoms with van der Waals surface area (Å²) in [6, 6.07) is 2.60. The average Bonchev–Trinajstić information content (AvgIpc) is 2.27. The van der Waals surface area contributed by atoms with Crippen LogP contribution >= 0.6 is 0 Å². The summed E-state index contributed by atoms with van der Waals surface area (Å²) in [4.78, 5) is 4.03. The fourth-order valence-electron chi connectivity index (χ4n) is 1.25. The summed E-state index contributed by atoms with van der Waals surface area (Å²) in [6.07, 6.45) is 4.20. The lowest BCUT2D eigenvalue weighted by molar-refractivity contribution is 0.0127. The maximum Gasteiger partial charge on any atom is 0.286 e. The monoisotopic (exact) mass is 273 g/mol. The molecule has 0 aromatic carbocycles. The first-order chi connectivity index (χ1) is 8.18. The first-order valence-corrected chi connectivity index (χ1v) is 6.98. The Morgan fingerprint density at radius 1 is 1.56 bits per heavy atom. The Kier molecular flexibility index (Phi) is 3.92. The Morgan fingerprint density at radius 3 is 2.56 bits per heavy atom. The molecule has 0 bridgehead atoms. The van der Waals surface area contributed by atoms with E-state index >= 15 is 0 Å². The molecular formula is C11H13F2N3OS. The van der Waals surface area contributed by atoms with Crippen LogP contribution < -0.4 is 4.72 Å². The summed E-state index contributed by atoms with van der Waals surface area (Å²) in [5, 5.41) is 8.48. The lowest BCUT2D eigenvalue weighted by Crippen LogP contribution is -2.24. The van der Waals surface area contributed by atoms with E-state index in [1.807, 2.05) is 0 Å². The number of pyridine rings is 1. The highest BCUT2D eigenvalue weighted by atomic mass is 32.2. The summed E-state index contributed by atoms with van der Waals surface area (Å²) in [6.45, 7) is 2.32. The molecule has 0 saturated heterocycles. The molecule has 0 amide bonds. The zero-order valence-electron chi connectivity index (χ0n) is 10.2. The van der Waals surface area contributed by atoms with E-state index in [1.165, 1.54) is 24.6 Å². The van der Waals surface area contributed by atoms with Crippen LogP contribution in [0.4, 0.5) is 8.78 Å². The molecule has 4 nitrogen and oxygen atoms in total. The molecular weight excluding hydrogens is 260 g/mol. The number of nitriles is 1. The van der Waals surface area contributed by atoms with Gasteiger partial charge in [0.15, 0.2) is 6.19 Å². The first kappa shape index (κ1) is 14.4. The SMILES string of the molecule is CC(c1ccc(C(C)(F)F)nc1)=S(C)(=O)NC#N. The highest BCUT2D eigenvalue weighted by Crippen LogP contribution is 2.24. The second kappa shape index (κ2) is 4.90. The van der Waals surface area contributed by atoms with Crippen LogP contribution in [0.5, 0.6) is 0 Å². The van der Waals surface area contributed by atoms with E-state index in [9.17, 15) is 13.0 Å². The standard InChI is InChI=1S/C11H13F2N3OS/c1-8(18(3,17)16-7-14)9-4-5-10(15-6-9)11(2,12)13/h4-6H,1-3H3,(H,16,17). The number of hydrogen-bond acceptors (Lipinski definition) is 3. The highest BCUT2D eigenvalue weighted by molar-refractivity contribution is 8.00. The molecule has 1 unspecified atom stereocenters. The largest absolute Gasteiger partial charge is 0.286 e. The number of alkyl halides is 2. The summed E-state index contributed by atoms with van der Waals surface area (Å²) < 4.78 is 40.1. The molecule has 1 aromatic heterocycles. The fourth-order valence-corrected chi connectivity index (χ4v) is 2.15. The quantitative estimate of drug-likeness (QED) is 0.394. The number of nitrogens with zero attached hydrogens (tertiary/aromatic N) is 2. The molecule has 18 heavy (non-hydrogen) atoms. The molecule has 0 radical (unpaired) electrons. The number of halogens is 2. The minimum Gasteiger partial charge on any atom is -0.254 e. The number of aromatic nitrogens is 1. The van der Waals surface area contributed by atoms with Gasteiger partial charge in [0.1, 0.15) is 5.69 Å². The molecule has 7 heteroatoms. The highest BCUT2D eigenvalue weighted by Gasteiger charge is 2.25. The van der Waals surface area contributed by atoms with Crippen molar-refractivity contribution in [2.75, 3.05) is 6.26 Å².